The summed E-state index contributed by atoms with van der Waals surface area (Å²) in [4.78, 5) is 4.22. The summed E-state index contributed by atoms with van der Waals surface area (Å²) in [7, 11) is 0. The number of anilines is 2. The zero-order valence-electron chi connectivity index (χ0n) is 11.1. The second kappa shape index (κ2) is 6.75. The topological polar surface area (TPSA) is 60.2 Å². The molecule has 4 heteroatoms. The van der Waals surface area contributed by atoms with Gasteiger partial charge < -0.3 is 15.8 Å². The number of ether oxygens (including phenoxy) is 1. The van der Waals surface area contributed by atoms with Crippen molar-refractivity contribution < 1.29 is 4.74 Å². The summed E-state index contributed by atoms with van der Waals surface area (Å²) in [6.45, 7) is 4.06. The van der Waals surface area contributed by atoms with E-state index in [4.69, 9.17) is 10.5 Å². The summed E-state index contributed by atoms with van der Waals surface area (Å²) >= 11 is 0. The number of pyridine rings is 1. The van der Waals surface area contributed by atoms with E-state index >= 15 is 0 Å². The molecule has 2 aromatic rings. The van der Waals surface area contributed by atoms with Crippen molar-refractivity contribution in [3.8, 4) is 0 Å². The predicted octanol–water partition coefficient (Wildman–Crippen LogP) is 2.81. The number of nitrogens with two attached hydrogens (primary N) is 1. The maximum absolute atomic E-state index is 5.65. The van der Waals surface area contributed by atoms with E-state index in [1.54, 1.807) is 6.07 Å². The van der Waals surface area contributed by atoms with Crippen LogP contribution in [0.1, 0.15) is 18.1 Å². The third-order valence-electron chi connectivity index (χ3n) is 2.81. The van der Waals surface area contributed by atoms with Gasteiger partial charge in [-0.05, 0) is 30.2 Å². The average Bonchev–Trinajstić information content (AvgIpc) is 2.44. The van der Waals surface area contributed by atoms with Crippen molar-refractivity contribution in [1.29, 1.82) is 0 Å². The molecule has 0 aliphatic carbocycles. The lowest BCUT2D eigenvalue weighted by Gasteiger charge is -2.11. The van der Waals surface area contributed by atoms with Gasteiger partial charge in [0.1, 0.15) is 11.6 Å². The van der Waals surface area contributed by atoms with Crippen LogP contribution in [0.15, 0.2) is 42.5 Å². The van der Waals surface area contributed by atoms with Crippen molar-refractivity contribution in [1.82, 2.24) is 4.98 Å². The van der Waals surface area contributed by atoms with E-state index in [-0.39, 0.29) is 0 Å². The van der Waals surface area contributed by atoms with Crippen LogP contribution in [0.5, 0.6) is 0 Å². The first-order valence-electron chi connectivity index (χ1n) is 6.40. The van der Waals surface area contributed by atoms with Crippen molar-refractivity contribution in [2.45, 2.75) is 20.1 Å². The SMILES string of the molecule is CCOCc1ccccc1CNc1cccc(N)n1. The fraction of sp³-hybridized carbons (Fsp3) is 0.267. The third-order valence-corrected chi connectivity index (χ3v) is 2.81. The number of nitrogens with zero attached hydrogens (tertiary/aromatic N) is 1. The summed E-state index contributed by atoms with van der Waals surface area (Å²) in [6, 6.07) is 13.8. The van der Waals surface area contributed by atoms with Crippen molar-refractivity contribution in [3.05, 3.63) is 53.6 Å². The molecule has 1 aromatic carbocycles. The Bertz CT molecular complexity index is 528. The number of nitrogen functional groups attached to an aromatic ring is 1. The molecule has 0 saturated heterocycles. The molecule has 1 heterocycles. The molecule has 100 valence electrons. The van der Waals surface area contributed by atoms with Crippen molar-refractivity contribution >= 4 is 11.6 Å². The van der Waals surface area contributed by atoms with E-state index in [1.807, 2.05) is 31.2 Å². The fourth-order valence-corrected chi connectivity index (χ4v) is 1.82. The van der Waals surface area contributed by atoms with Gasteiger partial charge in [0.25, 0.3) is 0 Å². The lowest BCUT2D eigenvalue weighted by molar-refractivity contribution is 0.133. The molecule has 19 heavy (non-hydrogen) atoms. The van der Waals surface area contributed by atoms with Gasteiger partial charge in [-0.1, -0.05) is 30.3 Å². The lowest BCUT2D eigenvalue weighted by Crippen LogP contribution is -2.06. The molecule has 0 bridgehead atoms. The number of aromatic nitrogens is 1. The summed E-state index contributed by atoms with van der Waals surface area (Å²) in [5.41, 5.74) is 8.06. The molecule has 0 atom stereocenters. The molecule has 0 unspecified atom stereocenters. The summed E-state index contributed by atoms with van der Waals surface area (Å²) in [6.07, 6.45) is 0. The van der Waals surface area contributed by atoms with Crippen molar-refractivity contribution in [2.24, 2.45) is 0 Å². The molecule has 0 aliphatic rings. The first-order chi connectivity index (χ1) is 9.29. The normalized spacial score (nSPS) is 10.4. The molecule has 0 radical (unpaired) electrons. The maximum Gasteiger partial charge on any atom is 0.128 e. The zero-order chi connectivity index (χ0) is 13.5. The molecule has 4 nitrogen and oxygen atoms in total. The van der Waals surface area contributed by atoms with Gasteiger partial charge in [0.05, 0.1) is 6.61 Å². The van der Waals surface area contributed by atoms with Crippen molar-refractivity contribution in [2.75, 3.05) is 17.7 Å². The largest absolute Gasteiger partial charge is 0.384 e. The minimum Gasteiger partial charge on any atom is -0.384 e. The Labute approximate surface area is 113 Å². The Kier molecular flexibility index (Phi) is 4.75. The molecule has 2 rings (SSSR count). The molecule has 0 aliphatic heterocycles. The highest BCUT2D eigenvalue weighted by atomic mass is 16.5. The number of hydrogen-bond donors (Lipinski definition) is 2. The molecule has 0 saturated carbocycles. The van der Waals surface area contributed by atoms with E-state index in [1.165, 1.54) is 11.1 Å². The Balaban J connectivity index is 2.02. The van der Waals surface area contributed by atoms with Crippen LogP contribution in [0.25, 0.3) is 0 Å². The number of hydrogen-bond acceptors (Lipinski definition) is 4. The number of nitrogens with one attached hydrogen (secondary N) is 1. The third kappa shape index (κ3) is 3.96. The smallest absolute Gasteiger partial charge is 0.128 e. The van der Waals surface area contributed by atoms with Crippen LogP contribution in [0.4, 0.5) is 11.6 Å². The number of rotatable bonds is 6. The Morgan fingerprint density at radius 1 is 1.11 bits per heavy atom. The maximum atomic E-state index is 5.65. The molecule has 0 fully saturated rings. The van der Waals surface area contributed by atoms with Crippen LogP contribution in [0.3, 0.4) is 0 Å². The van der Waals surface area contributed by atoms with Gasteiger partial charge in [-0.25, -0.2) is 4.98 Å². The van der Waals surface area contributed by atoms with Crippen LogP contribution in [0.2, 0.25) is 0 Å². The van der Waals surface area contributed by atoms with Crippen molar-refractivity contribution in [3.63, 3.8) is 0 Å². The van der Waals surface area contributed by atoms with Gasteiger partial charge in [0.2, 0.25) is 0 Å². The fourth-order valence-electron chi connectivity index (χ4n) is 1.82. The molecule has 0 amide bonds. The van der Waals surface area contributed by atoms with E-state index in [0.29, 0.717) is 19.0 Å². The standard InChI is InChI=1S/C15H19N3O/c1-2-19-11-13-7-4-3-6-12(13)10-17-15-9-5-8-14(16)18-15/h3-9H,2,10-11H2,1H3,(H3,16,17,18). The monoisotopic (exact) mass is 257 g/mol. The van der Waals surface area contributed by atoms with Gasteiger partial charge in [0, 0.05) is 13.2 Å². The highest BCUT2D eigenvalue weighted by Gasteiger charge is 2.02. The van der Waals surface area contributed by atoms with E-state index in [0.717, 1.165) is 12.4 Å². The number of benzene rings is 1. The van der Waals surface area contributed by atoms with E-state index < -0.39 is 0 Å². The molecule has 1 aromatic heterocycles. The van der Waals surface area contributed by atoms with Gasteiger partial charge in [0.15, 0.2) is 0 Å². The quantitative estimate of drug-likeness (QED) is 0.835. The lowest BCUT2D eigenvalue weighted by atomic mass is 10.1. The Morgan fingerprint density at radius 3 is 2.63 bits per heavy atom. The van der Waals surface area contributed by atoms with Crippen LogP contribution in [-0.2, 0) is 17.9 Å². The molecular formula is C15H19N3O. The minimum atomic E-state index is 0.521. The first kappa shape index (κ1) is 13.4. The van der Waals surface area contributed by atoms with E-state index in [9.17, 15) is 0 Å². The summed E-state index contributed by atoms with van der Waals surface area (Å²) < 4.78 is 5.47. The van der Waals surface area contributed by atoms with Crippen LogP contribution in [0, 0.1) is 0 Å². The minimum absolute atomic E-state index is 0.521. The van der Waals surface area contributed by atoms with Crippen LogP contribution < -0.4 is 11.1 Å². The Morgan fingerprint density at radius 2 is 1.89 bits per heavy atom. The molecule has 3 N–H and O–H groups in total. The summed E-state index contributed by atoms with van der Waals surface area (Å²) in [5.74, 6) is 1.30. The summed E-state index contributed by atoms with van der Waals surface area (Å²) in [5, 5.41) is 3.27. The predicted molar refractivity (Wildman–Crippen MR) is 77.7 cm³/mol. The van der Waals surface area contributed by atoms with E-state index in [2.05, 4.69) is 22.4 Å². The highest BCUT2D eigenvalue weighted by Crippen LogP contribution is 2.13. The van der Waals surface area contributed by atoms with Gasteiger partial charge in [-0.2, -0.15) is 0 Å². The van der Waals surface area contributed by atoms with Gasteiger partial charge in [-0.15, -0.1) is 0 Å². The first-order valence-corrected chi connectivity index (χ1v) is 6.40. The zero-order valence-corrected chi connectivity index (χ0v) is 11.1. The van der Waals surface area contributed by atoms with Crippen LogP contribution >= 0.6 is 0 Å². The second-order valence-electron chi connectivity index (χ2n) is 4.21. The molecule has 0 spiro atoms. The van der Waals surface area contributed by atoms with Gasteiger partial charge in [-0.3, -0.25) is 0 Å². The second-order valence-corrected chi connectivity index (χ2v) is 4.21. The Hall–Kier alpha value is -2.07. The average molecular weight is 257 g/mol. The van der Waals surface area contributed by atoms with Gasteiger partial charge >= 0.3 is 0 Å². The molecular weight excluding hydrogens is 238 g/mol. The highest BCUT2D eigenvalue weighted by molar-refractivity contribution is 5.43. The van der Waals surface area contributed by atoms with Crippen LogP contribution in [-0.4, -0.2) is 11.6 Å².